The summed E-state index contributed by atoms with van der Waals surface area (Å²) in [5, 5.41) is 2.56. The van der Waals surface area contributed by atoms with Crippen LogP contribution in [0.15, 0.2) is 59.7 Å². The number of nitrogens with zero attached hydrogens (tertiary/aromatic N) is 3. The molecule has 2 aromatic carbocycles. The van der Waals surface area contributed by atoms with Gasteiger partial charge in [0.2, 0.25) is 5.91 Å². The highest BCUT2D eigenvalue weighted by Crippen LogP contribution is 2.43. The van der Waals surface area contributed by atoms with Crippen LogP contribution < -0.4 is 15.0 Å². The van der Waals surface area contributed by atoms with Crippen LogP contribution in [0.2, 0.25) is 0 Å². The van der Waals surface area contributed by atoms with Gasteiger partial charge >= 0.3 is 6.18 Å². The molecule has 1 saturated heterocycles. The summed E-state index contributed by atoms with van der Waals surface area (Å²) in [5.74, 6) is 0.0862. The highest BCUT2D eigenvalue weighted by atomic mass is 19.4. The van der Waals surface area contributed by atoms with Gasteiger partial charge in [-0.15, -0.1) is 0 Å². The molecule has 1 fully saturated rings. The first-order valence-corrected chi connectivity index (χ1v) is 12.0. The van der Waals surface area contributed by atoms with Crippen LogP contribution >= 0.6 is 0 Å². The zero-order valence-electron chi connectivity index (χ0n) is 20.1. The van der Waals surface area contributed by atoms with Crippen molar-refractivity contribution in [2.45, 2.75) is 19.5 Å². The van der Waals surface area contributed by atoms with E-state index in [1.807, 2.05) is 36.4 Å². The molecule has 7 nitrogen and oxygen atoms in total. The molecule has 0 atom stereocenters. The van der Waals surface area contributed by atoms with Crippen LogP contribution in [0.5, 0.6) is 5.75 Å². The van der Waals surface area contributed by atoms with Crippen molar-refractivity contribution < 1.29 is 27.4 Å². The average Bonchev–Trinajstić information content (AvgIpc) is 3.06. The van der Waals surface area contributed by atoms with Gasteiger partial charge in [0.1, 0.15) is 11.6 Å². The molecule has 2 aliphatic heterocycles. The number of hydrogen-bond acceptors (Lipinski definition) is 6. The predicted molar refractivity (Wildman–Crippen MR) is 135 cm³/mol. The first kappa shape index (κ1) is 24.8. The van der Waals surface area contributed by atoms with E-state index in [4.69, 9.17) is 9.47 Å². The van der Waals surface area contributed by atoms with Gasteiger partial charge in [0.15, 0.2) is 0 Å². The Kier molecular flexibility index (Phi) is 6.84. The molecule has 3 aromatic rings. The molecule has 3 heterocycles. The molecule has 37 heavy (non-hydrogen) atoms. The molecule has 0 spiro atoms. The van der Waals surface area contributed by atoms with E-state index in [0.717, 1.165) is 36.1 Å². The number of pyridine rings is 1. The summed E-state index contributed by atoms with van der Waals surface area (Å²) >= 11 is 0. The number of benzene rings is 2. The number of carbonyl (C=O) groups is 1. The van der Waals surface area contributed by atoms with Crippen LogP contribution in [0.1, 0.15) is 24.5 Å². The van der Waals surface area contributed by atoms with Crippen molar-refractivity contribution in [1.29, 1.82) is 0 Å². The second-order valence-electron chi connectivity index (χ2n) is 8.66. The summed E-state index contributed by atoms with van der Waals surface area (Å²) in [7, 11) is 0. The number of aromatic nitrogens is 1. The summed E-state index contributed by atoms with van der Waals surface area (Å²) in [4.78, 5) is 23.9. The van der Waals surface area contributed by atoms with E-state index in [1.165, 1.54) is 6.07 Å². The molecule has 0 saturated carbocycles. The fourth-order valence-electron chi connectivity index (χ4n) is 4.40. The Morgan fingerprint density at radius 3 is 2.57 bits per heavy atom. The van der Waals surface area contributed by atoms with E-state index in [2.05, 4.69) is 20.2 Å². The van der Waals surface area contributed by atoms with E-state index in [9.17, 15) is 18.0 Å². The van der Waals surface area contributed by atoms with Gasteiger partial charge in [-0.25, -0.2) is 9.98 Å². The van der Waals surface area contributed by atoms with Crippen LogP contribution in [0.25, 0.3) is 11.1 Å². The maximum absolute atomic E-state index is 13.6. The summed E-state index contributed by atoms with van der Waals surface area (Å²) in [5.41, 5.74) is 2.25. The fourth-order valence-corrected chi connectivity index (χ4v) is 4.40. The third-order valence-electron chi connectivity index (χ3n) is 6.17. The van der Waals surface area contributed by atoms with Crippen LogP contribution in [0.4, 0.5) is 30.4 Å². The summed E-state index contributed by atoms with van der Waals surface area (Å²) in [6.45, 7) is 4.51. The fraction of sp³-hybridized carbons (Fsp3) is 0.296. The van der Waals surface area contributed by atoms with Crippen LogP contribution in [0, 0.1) is 0 Å². The van der Waals surface area contributed by atoms with E-state index < -0.39 is 17.6 Å². The standard InChI is InChI=1S/C27H25F3N4O3/c1-2-37-24-15-23-22(14-20(24)27(28,29)30)33-26(35)16-21(32-23)19-5-3-4-17(12-19)18-6-7-31-25(13-18)34-8-10-36-11-9-34/h3-7,12-15H,2,8-11,16H2,1H3,(H,33,35). The van der Waals surface area contributed by atoms with Crippen molar-refractivity contribution in [3.8, 4) is 16.9 Å². The molecule has 0 radical (unpaired) electrons. The minimum Gasteiger partial charge on any atom is -0.493 e. The number of ether oxygens (including phenoxy) is 2. The number of aliphatic imine (C=N–C) groups is 1. The Labute approximate surface area is 211 Å². The minimum absolute atomic E-state index is 0.00350. The lowest BCUT2D eigenvalue weighted by Gasteiger charge is -2.28. The largest absolute Gasteiger partial charge is 0.493 e. The lowest BCUT2D eigenvalue weighted by atomic mass is 10.00. The number of fused-ring (bicyclic) bond motifs is 1. The first-order chi connectivity index (χ1) is 17.8. The molecular formula is C27H25F3N4O3. The van der Waals surface area contributed by atoms with Gasteiger partial charge in [0.05, 0.1) is 48.9 Å². The van der Waals surface area contributed by atoms with Crippen LogP contribution in [-0.2, 0) is 15.7 Å². The Hall–Kier alpha value is -3.92. The van der Waals surface area contributed by atoms with Crippen molar-refractivity contribution in [1.82, 2.24) is 4.98 Å². The number of carbonyl (C=O) groups excluding carboxylic acids is 1. The molecule has 1 aromatic heterocycles. The van der Waals surface area contributed by atoms with Gasteiger partial charge < -0.3 is 19.7 Å². The minimum atomic E-state index is -4.64. The maximum atomic E-state index is 13.6. The molecule has 5 rings (SSSR count). The molecule has 192 valence electrons. The molecule has 0 aliphatic carbocycles. The molecular weight excluding hydrogens is 485 g/mol. The number of nitrogens with one attached hydrogen (secondary N) is 1. The molecule has 0 bridgehead atoms. The smallest absolute Gasteiger partial charge is 0.420 e. The van der Waals surface area contributed by atoms with Crippen LogP contribution in [-0.4, -0.2) is 49.5 Å². The zero-order valence-corrected chi connectivity index (χ0v) is 20.1. The van der Waals surface area contributed by atoms with Gasteiger partial charge in [-0.2, -0.15) is 13.2 Å². The monoisotopic (exact) mass is 510 g/mol. The predicted octanol–water partition coefficient (Wildman–Crippen LogP) is 5.47. The molecule has 0 unspecified atom stereocenters. The molecule has 1 N–H and O–H groups in total. The van der Waals surface area contributed by atoms with Crippen molar-refractivity contribution in [3.05, 3.63) is 65.9 Å². The van der Waals surface area contributed by atoms with Gasteiger partial charge in [0, 0.05) is 25.4 Å². The van der Waals surface area contributed by atoms with E-state index >= 15 is 0 Å². The first-order valence-electron chi connectivity index (χ1n) is 12.0. The normalized spacial score (nSPS) is 15.9. The quantitative estimate of drug-likeness (QED) is 0.493. The number of anilines is 2. The topological polar surface area (TPSA) is 76.0 Å². The van der Waals surface area contributed by atoms with Crippen LogP contribution in [0.3, 0.4) is 0 Å². The number of amides is 1. The van der Waals surface area contributed by atoms with Gasteiger partial charge in [-0.1, -0.05) is 18.2 Å². The molecule has 10 heteroatoms. The summed E-state index contributed by atoms with van der Waals surface area (Å²) in [6.07, 6.45) is -2.96. The van der Waals surface area contributed by atoms with Crippen molar-refractivity contribution in [3.63, 3.8) is 0 Å². The van der Waals surface area contributed by atoms with Gasteiger partial charge in [-0.05, 0) is 47.9 Å². The van der Waals surface area contributed by atoms with Crippen molar-refractivity contribution >= 4 is 28.8 Å². The third-order valence-corrected chi connectivity index (χ3v) is 6.17. The second kappa shape index (κ2) is 10.2. The maximum Gasteiger partial charge on any atom is 0.420 e. The number of hydrogen-bond donors (Lipinski definition) is 1. The highest BCUT2D eigenvalue weighted by molar-refractivity contribution is 6.17. The Morgan fingerprint density at radius 1 is 1.05 bits per heavy atom. The van der Waals surface area contributed by atoms with Gasteiger partial charge in [0.25, 0.3) is 0 Å². The summed E-state index contributed by atoms with van der Waals surface area (Å²) < 4.78 is 51.5. The zero-order chi connectivity index (χ0) is 26.0. The Balaban J connectivity index is 1.52. The Bertz CT molecular complexity index is 1350. The van der Waals surface area contributed by atoms with E-state index in [1.54, 1.807) is 13.1 Å². The van der Waals surface area contributed by atoms with Crippen molar-refractivity contribution in [2.24, 2.45) is 4.99 Å². The highest BCUT2D eigenvalue weighted by Gasteiger charge is 2.36. The van der Waals surface area contributed by atoms with Crippen molar-refractivity contribution in [2.75, 3.05) is 43.1 Å². The van der Waals surface area contributed by atoms with E-state index in [-0.39, 0.29) is 30.2 Å². The molecule has 1 amide bonds. The lowest BCUT2D eigenvalue weighted by Crippen LogP contribution is -2.36. The SMILES string of the molecule is CCOc1cc2c(cc1C(F)(F)F)NC(=O)CC(c1cccc(-c3ccnc(N4CCOCC4)c3)c1)=N2. The third kappa shape index (κ3) is 5.43. The average molecular weight is 511 g/mol. The second-order valence-corrected chi connectivity index (χ2v) is 8.66. The molecule has 2 aliphatic rings. The summed E-state index contributed by atoms with van der Waals surface area (Å²) in [6, 6.07) is 13.6. The number of alkyl halides is 3. The van der Waals surface area contributed by atoms with E-state index in [0.29, 0.717) is 24.5 Å². The van der Waals surface area contributed by atoms with Gasteiger partial charge in [-0.3, -0.25) is 4.79 Å². The number of morpholine rings is 1. The number of halogens is 3. The lowest BCUT2D eigenvalue weighted by molar-refractivity contribution is -0.138. The number of rotatable bonds is 5. The Morgan fingerprint density at radius 2 is 1.81 bits per heavy atom.